The molecular formula is C28H31N3O6S. The summed E-state index contributed by atoms with van der Waals surface area (Å²) in [5.74, 6) is 1.16. The van der Waals surface area contributed by atoms with Crippen LogP contribution in [0.2, 0.25) is 0 Å². The van der Waals surface area contributed by atoms with Gasteiger partial charge in [0.05, 0.1) is 13.5 Å². The Hall–Kier alpha value is -3.76. The van der Waals surface area contributed by atoms with E-state index < -0.39 is 18.1 Å². The lowest BCUT2D eigenvalue weighted by Gasteiger charge is -2.25. The second-order valence-electron chi connectivity index (χ2n) is 8.70. The maximum absolute atomic E-state index is 13.1. The van der Waals surface area contributed by atoms with E-state index in [4.69, 9.17) is 14.2 Å². The summed E-state index contributed by atoms with van der Waals surface area (Å²) in [7, 11) is 1.59. The van der Waals surface area contributed by atoms with Gasteiger partial charge in [-0.25, -0.2) is 4.98 Å². The van der Waals surface area contributed by atoms with Gasteiger partial charge in [-0.15, -0.1) is 0 Å². The van der Waals surface area contributed by atoms with E-state index in [1.165, 1.54) is 0 Å². The number of carbonyl (C=O) groups excluding carboxylic acids is 1. The van der Waals surface area contributed by atoms with Crippen LogP contribution in [-0.2, 0) is 16.1 Å². The van der Waals surface area contributed by atoms with Gasteiger partial charge < -0.3 is 30.0 Å². The molecule has 0 saturated heterocycles. The quantitative estimate of drug-likeness (QED) is 0.312. The molecule has 2 aromatic carbocycles. The van der Waals surface area contributed by atoms with E-state index in [9.17, 15) is 14.7 Å². The molecule has 38 heavy (non-hydrogen) atoms. The number of nitrogens with zero attached hydrogens (tertiary/aromatic N) is 1. The number of methoxy groups -OCH3 is 1. The number of anilines is 1. The van der Waals surface area contributed by atoms with Gasteiger partial charge in [0.1, 0.15) is 24.5 Å². The summed E-state index contributed by atoms with van der Waals surface area (Å²) in [5, 5.41) is 15.9. The molecule has 10 heteroatoms. The molecule has 4 rings (SSSR count). The molecule has 0 saturated carbocycles. The molecule has 3 N–H and O–H groups in total. The summed E-state index contributed by atoms with van der Waals surface area (Å²) < 4.78 is 17.2. The molecule has 0 radical (unpaired) electrons. The van der Waals surface area contributed by atoms with Gasteiger partial charge in [-0.05, 0) is 48.3 Å². The number of rotatable bonds is 12. The first-order chi connectivity index (χ1) is 18.5. The zero-order valence-corrected chi connectivity index (χ0v) is 22.1. The molecule has 9 nitrogen and oxygen atoms in total. The second kappa shape index (κ2) is 13.2. The first-order valence-corrected chi connectivity index (χ1v) is 13.6. The van der Waals surface area contributed by atoms with Crippen LogP contribution in [0.1, 0.15) is 18.4 Å². The van der Waals surface area contributed by atoms with E-state index in [1.807, 2.05) is 48.7 Å². The smallest absolute Gasteiger partial charge is 0.320 e. The predicted octanol–water partition coefficient (Wildman–Crippen LogP) is 4.22. The molecule has 0 spiro atoms. The van der Waals surface area contributed by atoms with E-state index in [-0.39, 0.29) is 18.9 Å². The summed E-state index contributed by atoms with van der Waals surface area (Å²) in [5.41, 5.74) is 2.97. The molecule has 2 atom stereocenters. The fourth-order valence-electron chi connectivity index (χ4n) is 4.27. The number of carboxylic acid groups (broad SMARTS) is 1. The first-order valence-electron chi connectivity index (χ1n) is 12.2. The van der Waals surface area contributed by atoms with Crippen molar-refractivity contribution in [2.24, 2.45) is 0 Å². The Morgan fingerprint density at radius 1 is 1.18 bits per heavy atom. The third kappa shape index (κ3) is 6.76. The highest BCUT2D eigenvalue weighted by Gasteiger charge is 2.25. The molecule has 1 aromatic heterocycles. The van der Waals surface area contributed by atoms with Crippen molar-refractivity contribution in [3.8, 4) is 28.5 Å². The number of hydrogen-bond acceptors (Lipinski definition) is 8. The van der Waals surface area contributed by atoms with E-state index in [0.29, 0.717) is 36.0 Å². The van der Waals surface area contributed by atoms with Crippen molar-refractivity contribution in [2.75, 3.05) is 31.0 Å². The molecule has 1 aliphatic rings. The zero-order valence-electron chi connectivity index (χ0n) is 21.3. The third-order valence-electron chi connectivity index (χ3n) is 6.10. The number of aromatic nitrogens is 1. The van der Waals surface area contributed by atoms with Crippen LogP contribution < -0.4 is 24.8 Å². The van der Waals surface area contributed by atoms with E-state index in [0.717, 1.165) is 22.4 Å². The number of benzene rings is 2. The van der Waals surface area contributed by atoms with Crippen molar-refractivity contribution in [2.45, 2.75) is 31.5 Å². The van der Waals surface area contributed by atoms with Gasteiger partial charge in [0.15, 0.2) is 5.75 Å². The Morgan fingerprint density at radius 2 is 2.03 bits per heavy atom. The van der Waals surface area contributed by atoms with Crippen LogP contribution in [0.25, 0.3) is 11.1 Å². The minimum absolute atomic E-state index is 0.0813. The highest BCUT2D eigenvalue weighted by atomic mass is 32.2. The molecule has 2 heterocycles. The Kier molecular flexibility index (Phi) is 9.45. The van der Waals surface area contributed by atoms with Crippen LogP contribution in [0.5, 0.6) is 17.4 Å². The Labute approximate surface area is 225 Å². The fourth-order valence-corrected chi connectivity index (χ4v) is 4.74. The van der Waals surface area contributed by atoms with E-state index >= 15 is 0 Å². The van der Waals surface area contributed by atoms with Crippen LogP contribution in [-0.4, -0.2) is 59.8 Å². The molecule has 1 aliphatic heterocycles. The highest BCUT2D eigenvalue weighted by molar-refractivity contribution is 7.98. The Balaban J connectivity index is 1.57. The standard InChI is InChI=1S/C28H31N3O6S/c1-35-23-10-4-3-8-20(23)26-18(16-30-22(28(33)34)12-14-38-2)7-5-9-21(26)31-25(32)15-19-17-36-27-24(37-19)11-6-13-29-27/h3-11,13,19,22,30H,12,14-17H2,1-2H3,(H,31,32)(H,33,34)/t19-,22-/m0/s1. The van der Waals surface area contributed by atoms with Crippen LogP contribution in [0.4, 0.5) is 5.69 Å². The number of nitrogens with one attached hydrogen (secondary N) is 2. The van der Waals surface area contributed by atoms with Crippen LogP contribution in [0.3, 0.4) is 0 Å². The Bertz CT molecular complexity index is 1270. The maximum atomic E-state index is 13.1. The van der Waals surface area contributed by atoms with Gasteiger partial charge >= 0.3 is 5.97 Å². The fraction of sp³-hybridized carbons (Fsp3) is 0.321. The maximum Gasteiger partial charge on any atom is 0.320 e. The first kappa shape index (κ1) is 27.3. The van der Waals surface area contributed by atoms with Crippen LogP contribution >= 0.6 is 11.8 Å². The van der Waals surface area contributed by atoms with Crippen molar-refractivity contribution in [3.63, 3.8) is 0 Å². The number of hydrogen-bond donors (Lipinski definition) is 3. The van der Waals surface area contributed by atoms with Gasteiger partial charge in [0.2, 0.25) is 5.91 Å². The van der Waals surface area contributed by atoms with Crippen molar-refractivity contribution < 1.29 is 28.9 Å². The summed E-state index contributed by atoms with van der Waals surface area (Å²) in [6.07, 6.45) is 3.69. The highest BCUT2D eigenvalue weighted by Crippen LogP contribution is 2.38. The van der Waals surface area contributed by atoms with E-state index in [1.54, 1.807) is 37.2 Å². The van der Waals surface area contributed by atoms with Gasteiger partial charge in [0.25, 0.3) is 5.88 Å². The number of para-hydroxylation sites is 1. The van der Waals surface area contributed by atoms with Gasteiger partial charge in [-0.3, -0.25) is 9.59 Å². The number of pyridine rings is 1. The average Bonchev–Trinajstić information content (AvgIpc) is 2.93. The van der Waals surface area contributed by atoms with Crippen LogP contribution in [0.15, 0.2) is 60.8 Å². The van der Waals surface area contributed by atoms with Gasteiger partial charge in [-0.2, -0.15) is 11.8 Å². The zero-order chi connectivity index (χ0) is 26.9. The SMILES string of the molecule is COc1ccccc1-c1c(CN[C@@H](CCSC)C(=O)O)cccc1NC(=O)C[C@H]1COc2ncccc2O1. The van der Waals surface area contributed by atoms with Crippen molar-refractivity contribution >= 4 is 29.3 Å². The number of thioether (sulfide) groups is 1. The predicted molar refractivity (Wildman–Crippen MR) is 147 cm³/mol. The van der Waals surface area contributed by atoms with E-state index in [2.05, 4.69) is 15.6 Å². The number of carbonyl (C=O) groups is 2. The number of fused-ring (bicyclic) bond motifs is 1. The molecule has 0 bridgehead atoms. The van der Waals surface area contributed by atoms with Crippen molar-refractivity contribution in [1.29, 1.82) is 0 Å². The second-order valence-corrected chi connectivity index (χ2v) is 9.69. The van der Waals surface area contributed by atoms with Gasteiger partial charge in [-0.1, -0.05) is 30.3 Å². The topological polar surface area (TPSA) is 119 Å². The molecule has 0 aliphatic carbocycles. The molecule has 200 valence electrons. The average molecular weight is 538 g/mol. The van der Waals surface area contributed by atoms with Gasteiger partial charge in [0, 0.05) is 29.6 Å². The lowest BCUT2D eigenvalue weighted by molar-refractivity contribution is -0.139. The minimum atomic E-state index is -0.895. The molecular weight excluding hydrogens is 506 g/mol. The number of aliphatic carboxylic acids is 1. The monoisotopic (exact) mass is 537 g/mol. The normalized spacial score (nSPS) is 14.9. The molecule has 3 aromatic rings. The summed E-state index contributed by atoms with van der Waals surface area (Å²) >= 11 is 1.60. The minimum Gasteiger partial charge on any atom is -0.496 e. The Morgan fingerprint density at radius 3 is 2.82 bits per heavy atom. The summed E-state index contributed by atoms with van der Waals surface area (Å²) in [4.78, 5) is 29.0. The lowest BCUT2D eigenvalue weighted by Crippen LogP contribution is -2.36. The number of ether oxygens (including phenoxy) is 3. The summed E-state index contributed by atoms with van der Waals surface area (Å²) in [6, 6.07) is 15.9. The van der Waals surface area contributed by atoms with Crippen molar-refractivity contribution in [1.82, 2.24) is 10.3 Å². The van der Waals surface area contributed by atoms with Crippen molar-refractivity contribution in [3.05, 3.63) is 66.4 Å². The van der Waals surface area contributed by atoms with Crippen LogP contribution in [0, 0.1) is 0 Å². The number of amides is 1. The largest absolute Gasteiger partial charge is 0.496 e. The number of carboxylic acids is 1. The molecule has 0 unspecified atom stereocenters. The molecule has 0 fully saturated rings. The molecule has 1 amide bonds. The summed E-state index contributed by atoms with van der Waals surface area (Å²) in [6.45, 7) is 0.513. The third-order valence-corrected chi connectivity index (χ3v) is 6.74. The lowest BCUT2D eigenvalue weighted by atomic mass is 9.96.